The van der Waals surface area contributed by atoms with E-state index in [1.165, 1.54) is 23.6 Å². The van der Waals surface area contributed by atoms with E-state index in [0.29, 0.717) is 39.9 Å². The van der Waals surface area contributed by atoms with Crippen molar-refractivity contribution in [1.29, 1.82) is 0 Å². The molecule has 4 rings (SSSR count). The van der Waals surface area contributed by atoms with Crippen LogP contribution in [0.15, 0.2) is 64.3 Å². The molecule has 0 radical (unpaired) electrons. The van der Waals surface area contributed by atoms with Crippen LogP contribution in [-0.2, 0) is 21.4 Å². The first kappa shape index (κ1) is 29.0. The number of esters is 1. The van der Waals surface area contributed by atoms with E-state index < -0.39 is 5.97 Å². The summed E-state index contributed by atoms with van der Waals surface area (Å²) in [5.74, 6) is -0.798. The number of carbonyl (C=O) groups excluding carboxylic acids is 3. The number of hydrogen-bond donors (Lipinski definition) is 1. The van der Waals surface area contributed by atoms with Crippen LogP contribution in [-0.4, -0.2) is 50.0 Å². The van der Waals surface area contributed by atoms with Gasteiger partial charge in [0, 0.05) is 20.0 Å². The highest BCUT2D eigenvalue weighted by molar-refractivity contribution is 8.26. The van der Waals surface area contributed by atoms with Gasteiger partial charge in [0.1, 0.15) is 10.0 Å². The second-order valence-electron chi connectivity index (χ2n) is 9.24. The van der Waals surface area contributed by atoms with Gasteiger partial charge in [-0.1, -0.05) is 60.7 Å². The van der Waals surface area contributed by atoms with Gasteiger partial charge in [-0.25, -0.2) is 9.48 Å². The highest BCUT2D eigenvalue weighted by Gasteiger charge is 2.31. The summed E-state index contributed by atoms with van der Waals surface area (Å²) >= 11 is 6.66. The molecule has 0 unspecified atom stereocenters. The van der Waals surface area contributed by atoms with E-state index in [4.69, 9.17) is 17.0 Å². The molecule has 40 heavy (non-hydrogen) atoms. The summed E-state index contributed by atoms with van der Waals surface area (Å²) < 4.78 is 8.45. The van der Waals surface area contributed by atoms with Crippen LogP contribution in [0.3, 0.4) is 0 Å². The van der Waals surface area contributed by atoms with E-state index in [1.807, 2.05) is 30.3 Å². The zero-order valence-corrected chi connectivity index (χ0v) is 24.1. The van der Waals surface area contributed by atoms with E-state index in [-0.39, 0.29) is 29.5 Å². The molecule has 2 aromatic carbocycles. The first-order chi connectivity index (χ1) is 19.2. The Morgan fingerprint density at radius 3 is 2.40 bits per heavy atom. The van der Waals surface area contributed by atoms with Gasteiger partial charge >= 0.3 is 5.97 Å². The molecule has 2 amide bonds. The number of nitrogens with zero attached hydrogens (tertiary/aromatic N) is 3. The molecule has 1 saturated heterocycles. The van der Waals surface area contributed by atoms with Crippen LogP contribution in [0.5, 0.6) is 0 Å². The quantitative estimate of drug-likeness (QED) is 0.161. The second-order valence-corrected chi connectivity index (χ2v) is 10.9. The van der Waals surface area contributed by atoms with Gasteiger partial charge < -0.3 is 10.1 Å². The zero-order valence-electron chi connectivity index (χ0n) is 22.5. The largest absolute Gasteiger partial charge is 0.465 e. The Morgan fingerprint density at radius 2 is 1.73 bits per heavy atom. The first-order valence-corrected chi connectivity index (χ1v) is 14.0. The fraction of sp³-hybridized carbons (Fsp3) is 0.276. The van der Waals surface area contributed by atoms with Gasteiger partial charge in [0.2, 0.25) is 5.91 Å². The molecule has 3 aromatic rings. The SMILES string of the molecule is COC(=O)c1ccc(/C=C2\SC(=S)N(CCCCCC(=O)Nc3c(C)n(C)n(-c4ccccc4)c3=O)C2=O)cc1. The third-order valence-electron chi connectivity index (χ3n) is 6.61. The fourth-order valence-corrected chi connectivity index (χ4v) is 5.63. The lowest BCUT2D eigenvalue weighted by Gasteiger charge is -2.14. The highest BCUT2D eigenvalue weighted by atomic mass is 32.2. The van der Waals surface area contributed by atoms with E-state index in [9.17, 15) is 19.2 Å². The molecule has 208 valence electrons. The third-order valence-corrected chi connectivity index (χ3v) is 7.99. The number of anilines is 1. The molecular weight excluding hydrogens is 548 g/mol. The minimum Gasteiger partial charge on any atom is -0.465 e. The predicted molar refractivity (Wildman–Crippen MR) is 161 cm³/mol. The minimum absolute atomic E-state index is 0.154. The van der Waals surface area contributed by atoms with Gasteiger partial charge in [0.25, 0.3) is 11.5 Å². The number of aromatic nitrogens is 2. The number of para-hydroxylation sites is 1. The molecule has 1 aromatic heterocycles. The van der Waals surface area contributed by atoms with Gasteiger partial charge in [-0.15, -0.1) is 0 Å². The lowest BCUT2D eigenvalue weighted by Crippen LogP contribution is -2.29. The number of hydrogen-bond acceptors (Lipinski definition) is 7. The van der Waals surface area contributed by atoms with Crippen LogP contribution < -0.4 is 10.9 Å². The fourth-order valence-electron chi connectivity index (χ4n) is 4.32. The molecule has 2 heterocycles. The van der Waals surface area contributed by atoms with Crippen molar-refractivity contribution < 1.29 is 19.1 Å². The van der Waals surface area contributed by atoms with Crippen molar-refractivity contribution in [2.24, 2.45) is 7.05 Å². The summed E-state index contributed by atoms with van der Waals surface area (Å²) in [6.45, 7) is 2.26. The third kappa shape index (κ3) is 6.43. The van der Waals surface area contributed by atoms with Crippen molar-refractivity contribution >= 4 is 57.8 Å². The number of unbranched alkanes of at least 4 members (excludes halogenated alkanes) is 2. The summed E-state index contributed by atoms with van der Waals surface area (Å²) in [5, 5.41) is 2.78. The number of benzene rings is 2. The number of rotatable bonds is 10. The maximum Gasteiger partial charge on any atom is 0.337 e. The summed E-state index contributed by atoms with van der Waals surface area (Å²) in [6.07, 6.45) is 4.04. The van der Waals surface area contributed by atoms with Crippen molar-refractivity contribution in [3.8, 4) is 5.69 Å². The van der Waals surface area contributed by atoms with E-state index in [1.54, 1.807) is 53.9 Å². The van der Waals surface area contributed by atoms with Crippen molar-refractivity contribution in [3.63, 3.8) is 0 Å². The monoisotopic (exact) mass is 578 g/mol. The average Bonchev–Trinajstić information content (AvgIpc) is 3.34. The summed E-state index contributed by atoms with van der Waals surface area (Å²) in [6, 6.07) is 16.0. The highest BCUT2D eigenvalue weighted by Crippen LogP contribution is 2.33. The maximum atomic E-state index is 13.0. The average molecular weight is 579 g/mol. The standard InChI is InChI=1S/C29H30N4O5S2/c1-19-25(27(36)33(31(19)2)22-10-6-4-7-11-22)30-24(34)12-8-5-9-17-32-26(35)23(40-29(32)39)18-20-13-15-21(16-14-20)28(37)38-3/h4,6-7,10-11,13-16,18H,5,8-9,12,17H2,1-3H3,(H,30,34)/b23-18-. The molecule has 11 heteroatoms. The number of nitrogens with one attached hydrogen (secondary N) is 1. The zero-order chi connectivity index (χ0) is 28.8. The smallest absolute Gasteiger partial charge is 0.337 e. The van der Waals surface area contributed by atoms with Gasteiger partial charge in [0.15, 0.2) is 0 Å². The van der Waals surface area contributed by atoms with Gasteiger partial charge in [-0.05, 0) is 55.7 Å². The Balaban J connectivity index is 1.26. The summed E-state index contributed by atoms with van der Waals surface area (Å²) in [7, 11) is 3.11. The molecule has 1 aliphatic heterocycles. The normalized spacial score (nSPS) is 14.2. The Labute approximate surface area is 241 Å². The maximum absolute atomic E-state index is 13.0. The topological polar surface area (TPSA) is 103 Å². The van der Waals surface area contributed by atoms with Crippen molar-refractivity contribution in [2.75, 3.05) is 19.0 Å². The van der Waals surface area contributed by atoms with Crippen LogP contribution in [0.2, 0.25) is 0 Å². The van der Waals surface area contributed by atoms with Gasteiger partial charge in [-0.2, -0.15) is 0 Å². The van der Waals surface area contributed by atoms with Crippen LogP contribution in [0.1, 0.15) is 47.3 Å². The first-order valence-electron chi connectivity index (χ1n) is 12.8. The minimum atomic E-state index is -0.420. The predicted octanol–water partition coefficient (Wildman–Crippen LogP) is 4.67. The lowest BCUT2D eigenvalue weighted by molar-refractivity contribution is -0.122. The molecule has 0 spiro atoms. The molecule has 1 N–H and O–H groups in total. The van der Waals surface area contributed by atoms with Crippen molar-refractivity contribution in [3.05, 3.63) is 86.7 Å². The second kappa shape index (κ2) is 12.9. The Bertz CT molecular complexity index is 1520. The number of amides is 2. The van der Waals surface area contributed by atoms with Crippen molar-refractivity contribution in [1.82, 2.24) is 14.3 Å². The van der Waals surface area contributed by atoms with Crippen LogP contribution in [0, 0.1) is 6.92 Å². The summed E-state index contributed by atoms with van der Waals surface area (Å²) in [5.41, 5.74) is 2.61. The van der Waals surface area contributed by atoms with E-state index in [2.05, 4.69) is 5.32 Å². The molecule has 0 saturated carbocycles. The number of thioether (sulfide) groups is 1. The molecule has 9 nitrogen and oxygen atoms in total. The van der Waals surface area contributed by atoms with E-state index >= 15 is 0 Å². The molecular formula is C29H30N4O5S2. The van der Waals surface area contributed by atoms with Crippen LogP contribution in [0.4, 0.5) is 5.69 Å². The Morgan fingerprint density at radius 1 is 1.02 bits per heavy atom. The molecule has 0 aliphatic carbocycles. The number of thiocarbonyl (C=S) groups is 1. The molecule has 0 bridgehead atoms. The molecule has 1 fully saturated rings. The molecule has 0 atom stereocenters. The van der Waals surface area contributed by atoms with E-state index in [0.717, 1.165) is 17.7 Å². The summed E-state index contributed by atoms with van der Waals surface area (Å²) in [4.78, 5) is 52.2. The Hall–Kier alpha value is -3.96. The van der Waals surface area contributed by atoms with Gasteiger partial charge in [-0.3, -0.25) is 24.0 Å². The van der Waals surface area contributed by atoms with Crippen LogP contribution >= 0.6 is 24.0 Å². The number of methoxy groups -OCH3 is 1. The van der Waals surface area contributed by atoms with Crippen LogP contribution in [0.25, 0.3) is 11.8 Å². The van der Waals surface area contributed by atoms with Crippen molar-refractivity contribution in [2.45, 2.75) is 32.6 Å². The van der Waals surface area contributed by atoms with Gasteiger partial charge in [0.05, 0.1) is 29.0 Å². The number of carbonyl (C=O) groups is 3. The number of ether oxygens (including phenoxy) is 1. The molecule has 1 aliphatic rings. The Kier molecular flexibility index (Phi) is 9.38. The lowest BCUT2D eigenvalue weighted by atomic mass is 10.1.